The largest absolute Gasteiger partial charge is 0.466 e. The summed E-state index contributed by atoms with van der Waals surface area (Å²) in [6, 6.07) is 1.49. The van der Waals surface area contributed by atoms with Gasteiger partial charge in [0.05, 0.1) is 12.3 Å². The van der Waals surface area contributed by atoms with Gasteiger partial charge in [0.25, 0.3) is 0 Å². The molecule has 0 unspecified atom stereocenters. The predicted octanol–water partition coefficient (Wildman–Crippen LogP) is 2.32. The minimum atomic E-state index is -3.23. The Hall–Kier alpha value is -1.54. The fraction of sp³-hybridized carbons (Fsp3) is 0.722. The molecule has 26 heavy (non-hydrogen) atoms. The third-order valence-electron chi connectivity index (χ3n) is 5.23. The van der Waals surface area contributed by atoms with Gasteiger partial charge in [-0.3, -0.25) is 0 Å². The molecule has 1 saturated heterocycles. The van der Waals surface area contributed by atoms with E-state index >= 15 is 0 Å². The number of nitrogens with zero attached hydrogens (tertiary/aromatic N) is 1. The summed E-state index contributed by atoms with van der Waals surface area (Å²) in [5, 5.41) is 6.01. The van der Waals surface area contributed by atoms with Gasteiger partial charge in [-0.1, -0.05) is 13.8 Å². The molecule has 1 aliphatic carbocycles. The Labute approximate surface area is 155 Å². The molecular formula is C18H29N3O4S. The van der Waals surface area contributed by atoms with E-state index in [1.54, 1.807) is 0 Å². The minimum absolute atomic E-state index is 0.0488. The van der Waals surface area contributed by atoms with E-state index in [2.05, 4.69) is 24.5 Å². The van der Waals surface area contributed by atoms with E-state index in [1.165, 1.54) is 10.6 Å². The Balaban J connectivity index is 1.65. The smallest absolute Gasteiger partial charge is 0.315 e. The van der Waals surface area contributed by atoms with Gasteiger partial charge in [-0.15, -0.1) is 0 Å². The summed E-state index contributed by atoms with van der Waals surface area (Å²) >= 11 is 0. The Morgan fingerprint density at radius 2 is 2.08 bits per heavy atom. The number of furan rings is 1. The van der Waals surface area contributed by atoms with Crippen LogP contribution in [-0.4, -0.2) is 44.1 Å². The number of hydrogen-bond donors (Lipinski definition) is 2. The minimum Gasteiger partial charge on any atom is -0.466 e. The van der Waals surface area contributed by atoms with Gasteiger partial charge in [-0.2, -0.15) is 0 Å². The monoisotopic (exact) mass is 383 g/mol. The fourth-order valence-corrected chi connectivity index (χ4v) is 4.97. The van der Waals surface area contributed by atoms with Crippen molar-refractivity contribution >= 4 is 16.1 Å². The Morgan fingerprint density at radius 1 is 1.35 bits per heavy atom. The maximum Gasteiger partial charge on any atom is 0.315 e. The number of hydrogen-bond acceptors (Lipinski definition) is 4. The van der Waals surface area contributed by atoms with Gasteiger partial charge in [0.2, 0.25) is 10.0 Å². The van der Waals surface area contributed by atoms with Crippen LogP contribution in [0.4, 0.5) is 4.79 Å². The molecule has 2 aliphatic rings. The van der Waals surface area contributed by atoms with E-state index < -0.39 is 10.0 Å². The van der Waals surface area contributed by atoms with Crippen LogP contribution in [0.1, 0.15) is 56.2 Å². The number of aryl methyl sites for hydroxylation is 1. The molecule has 1 aliphatic heterocycles. The average Bonchev–Trinajstić information content (AvgIpc) is 2.85. The van der Waals surface area contributed by atoms with Crippen molar-refractivity contribution in [3.63, 3.8) is 0 Å². The zero-order valence-corrected chi connectivity index (χ0v) is 16.8. The molecule has 2 atom stereocenters. The van der Waals surface area contributed by atoms with E-state index in [-0.39, 0.29) is 23.5 Å². The number of nitrogens with one attached hydrogen (secondary N) is 2. The molecule has 0 radical (unpaired) electrons. The summed E-state index contributed by atoms with van der Waals surface area (Å²) in [6.45, 7) is 7.12. The quantitative estimate of drug-likeness (QED) is 0.838. The summed E-state index contributed by atoms with van der Waals surface area (Å²) in [5.41, 5.74) is 1.10. The number of sulfonamides is 1. The highest BCUT2D eigenvalue weighted by Gasteiger charge is 2.36. The van der Waals surface area contributed by atoms with Gasteiger partial charge in [0.1, 0.15) is 11.5 Å². The van der Waals surface area contributed by atoms with Crippen molar-refractivity contribution in [2.45, 2.75) is 58.5 Å². The predicted molar refractivity (Wildman–Crippen MR) is 99.4 cm³/mol. The Kier molecular flexibility index (Phi) is 5.09. The number of amides is 2. The SMILES string of the molecule is Cc1cc2c(o1)CC(C)(C)C[C@H]2NC(=O)N[C@H]1CCCN(S(C)(=O)=O)C1. The van der Waals surface area contributed by atoms with Crippen LogP contribution in [0.2, 0.25) is 0 Å². The molecule has 146 valence electrons. The summed E-state index contributed by atoms with van der Waals surface area (Å²) in [5.74, 6) is 1.81. The van der Waals surface area contributed by atoms with Gasteiger partial charge in [-0.25, -0.2) is 17.5 Å². The van der Waals surface area contributed by atoms with Crippen molar-refractivity contribution < 1.29 is 17.6 Å². The molecular weight excluding hydrogens is 354 g/mol. The lowest BCUT2D eigenvalue weighted by molar-refractivity contribution is 0.205. The Morgan fingerprint density at radius 3 is 2.77 bits per heavy atom. The highest BCUT2D eigenvalue weighted by Crippen LogP contribution is 2.41. The first kappa shape index (κ1) is 19.2. The molecule has 2 amide bonds. The van der Waals surface area contributed by atoms with Crippen LogP contribution < -0.4 is 10.6 Å². The highest BCUT2D eigenvalue weighted by atomic mass is 32.2. The summed E-state index contributed by atoms with van der Waals surface area (Å²) < 4.78 is 30.7. The Bertz CT molecular complexity index is 784. The fourth-order valence-electron chi connectivity index (χ4n) is 4.06. The van der Waals surface area contributed by atoms with Crippen LogP contribution >= 0.6 is 0 Å². The molecule has 7 nitrogen and oxygen atoms in total. The first-order chi connectivity index (χ1) is 12.0. The number of piperidine rings is 1. The lowest BCUT2D eigenvalue weighted by Crippen LogP contribution is -2.52. The third kappa shape index (κ3) is 4.40. The second-order valence-electron chi connectivity index (χ2n) is 8.41. The number of rotatable bonds is 3. The molecule has 3 rings (SSSR count). The lowest BCUT2D eigenvalue weighted by Gasteiger charge is -2.35. The molecule has 2 N–H and O–H groups in total. The van der Waals surface area contributed by atoms with Crippen LogP contribution in [0.15, 0.2) is 10.5 Å². The average molecular weight is 384 g/mol. The molecule has 0 saturated carbocycles. The number of carbonyl (C=O) groups is 1. The topological polar surface area (TPSA) is 91.7 Å². The van der Waals surface area contributed by atoms with Crippen molar-refractivity contribution in [1.29, 1.82) is 0 Å². The number of urea groups is 1. The van der Waals surface area contributed by atoms with Crippen molar-refractivity contribution in [2.75, 3.05) is 19.3 Å². The van der Waals surface area contributed by atoms with E-state index in [4.69, 9.17) is 4.42 Å². The van der Waals surface area contributed by atoms with Crippen LogP contribution in [0, 0.1) is 12.3 Å². The molecule has 0 bridgehead atoms. The van der Waals surface area contributed by atoms with Gasteiger partial charge in [0.15, 0.2) is 0 Å². The summed E-state index contributed by atoms with van der Waals surface area (Å²) in [7, 11) is -3.23. The van der Waals surface area contributed by atoms with E-state index in [9.17, 15) is 13.2 Å². The summed E-state index contributed by atoms with van der Waals surface area (Å²) in [4.78, 5) is 12.5. The molecule has 2 heterocycles. The highest BCUT2D eigenvalue weighted by molar-refractivity contribution is 7.88. The van der Waals surface area contributed by atoms with E-state index in [0.717, 1.165) is 42.8 Å². The van der Waals surface area contributed by atoms with E-state index in [1.807, 2.05) is 13.0 Å². The van der Waals surface area contributed by atoms with Crippen LogP contribution in [0.25, 0.3) is 0 Å². The van der Waals surface area contributed by atoms with Crippen molar-refractivity contribution in [3.05, 3.63) is 23.2 Å². The maximum absolute atomic E-state index is 12.5. The zero-order valence-electron chi connectivity index (χ0n) is 16.0. The summed E-state index contributed by atoms with van der Waals surface area (Å²) in [6.07, 6.45) is 4.45. The van der Waals surface area contributed by atoms with Crippen molar-refractivity contribution in [1.82, 2.24) is 14.9 Å². The van der Waals surface area contributed by atoms with Crippen LogP contribution in [0.3, 0.4) is 0 Å². The number of carbonyl (C=O) groups excluding carboxylic acids is 1. The molecule has 8 heteroatoms. The van der Waals surface area contributed by atoms with Crippen molar-refractivity contribution in [2.24, 2.45) is 5.41 Å². The third-order valence-corrected chi connectivity index (χ3v) is 6.50. The van der Waals surface area contributed by atoms with Crippen molar-refractivity contribution in [3.8, 4) is 0 Å². The molecule has 0 aromatic carbocycles. The van der Waals surface area contributed by atoms with Crippen LogP contribution in [-0.2, 0) is 16.4 Å². The standard InChI is InChI=1S/C18H29N3O4S/c1-12-8-14-15(9-18(2,3)10-16(14)25-12)20-17(22)19-13-6-5-7-21(11-13)26(4,23)24/h8,13,15H,5-7,9-11H2,1-4H3,(H2,19,20,22)/t13-,15+/m0/s1. The first-order valence-electron chi connectivity index (χ1n) is 9.15. The van der Waals surface area contributed by atoms with Gasteiger partial charge >= 0.3 is 6.03 Å². The molecule has 1 fully saturated rings. The maximum atomic E-state index is 12.5. The molecule has 1 aromatic heterocycles. The second-order valence-corrected chi connectivity index (χ2v) is 10.4. The molecule has 1 aromatic rings. The lowest BCUT2D eigenvalue weighted by atomic mass is 9.75. The second kappa shape index (κ2) is 6.88. The first-order valence-corrected chi connectivity index (χ1v) is 11.0. The molecule has 0 spiro atoms. The van der Waals surface area contributed by atoms with Crippen LogP contribution in [0.5, 0.6) is 0 Å². The zero-order chi connectivity index (χ0) is 19.1. The normalized spacial score (nSPS) is 26.2. The van der Waals surface area contributed by atoms with E-state index in [0.29, 0.717) is 13.1 Å². The van der Waals surface area contributed by atoms with Gasteiger partial charge < -0.3 is 15.1 Å². The van der Waals surface area contributed by atoms with Gasteiger partial charge in [-0.05, 0) is 37.7 Å². The number of fused-ring (bicyclic) bond motifs is 1. The van der Waals surface area contributed by atoms with Gasteiger partial charge in [0, 0.05) is 31.1 Å².